The molecule has 0 atom stereocenters. The second kappa shape index (κ2) is 9.23. The van der Waals surface area contributed by atoms with Crippen LogP contribution >= 0.6 is 11.8 Å². The van der Waals surface area contributed by atoms with Gasteiger partial charge >= 0.3 is 5.97 Å². The van der Waals surface area contributed by atoms with Crippen molar-refractivity contribution in [2.24, 2.45) is 0 Å². The number of carbonyl (C=O) groups is 1. The minimum Gasteiger partial charge on any atom is -0.497 e. The van der Waals surface area contributed by atoms with Crippen molar-refractivity contribution in [3.63, 3.8) is 0 Å². The van der Waals surface area contributed by atoms with Crippen LogP contribution in [-0.4, -0.2) is 26.3 Å². The van der Waals surface area contributed by atoms with Crippen LogP contribution in [0, 0.1) is 6.92 Å². The summed E-state index contributed by atoms with van der Waals surface area (Å²) < 4.78 is 15.5. The highest BCUT2D eigenvalue weighted by atomic mass is 32.2. The summed E-state index contributed by atoms with van der Waals surface area (Å²) in [4.78, 5) is 12.5. The fourth-order valence-electron chi connectivity index (χ4n) is 2.10. The highest BCUT2D eigenvalue weighted by Gasteiger charge is 2.06. The summed E-state index contributed by atoms with van der Waals surface area (Å²) in [5, 5.41) is 0. The number of methoxy groups -OCH3 is 1. The molecule has 0 saturated carbocycles. The summed E-state index contributed by atoms with van der Waals surface area (Å²) in [5.41, 5.74) is 2.24. The largest absolute Gasteiger partial charge is 0.497 e. The Kier molecular flexibility index (Phi) is 7.00. The van der Waals surface area contributed by atoms with Gasteiger partial charge in [-0.25, -0.2) is 4.79 Å². The van der Waals surface area contributed by atoms with Gasteiger partial charge in [0.25, 0.3) is 0 Å². The van der Waals surface area contributed by atoms with E-state index in [0.717, 1.165) is 22.0 Å². The number of hydrogen-bond donors (Lipinski definition) is 0. The number of thioether (sulfide) groups is 1. The van der Waals surface area contributed by atoms with Crippen LogP contribution in [-0.2, 0) is 15.3 Å². The fourth-order valence-corrected chi connectivity index (χ4v) is 3.05. The lowest BCUT2D eigenvalue weighted by atomic mass is 10.2. The van der Waals surface area contributed by atoms with Gasteiger partial charge in [0.1, 0.15) is 11.5 Å². The van der Waals surface area contributed by atoms with Gasteiger partial charge in [-0.1, -0.05) is 12.1 Å². The molecule has 0 aliphatic heterocycles. The van der Waals surface area contributed by atoms with Crippen molar-refractivity contribution in [1.29, 1.82) is 0 Å². The summed E-state index contributed by atoms with van der Waals surface area (Å²) in [7, 11) is 1.66. The van der Waals surface area contributed by atoms with Crippen molar-refractivity contribution < 1.29 is 19.0 Å². The first kappa shape index (κ1) is 18.2. The number of aryl methyl sites for hydroxylation is 1. The Balaban J connectivity index is 1.90. The normalized spacial score (nSPS) is 10.3. The molecule has 0 aromatic heterocycles. The van der Waals surface area contributed by atoms with Crippen LogP contribution in [0.1, 0.15) is 18.1 Å². The van der Waals surface area contributed by atoms with E-state index in [1.807, 2.05) is 31.2 Å². The monoisotopic (exact) mass is 346 g/mol. The lowest BCUT2D eigenvalue weighted by Crippen LogP contribution is -2.14. The van der Waals surface area contributed by atoms with Crippen molar-refractivity contribution in [1.82, 2.24) is 0 Å². The summed E-state index contributed by atoms with van der Waals surface area (Å²) in [6.45, 7) is 4.05. The minimum absolute atomic E-state index is 0.0625. The average Bonchev–Trinajstić information content (AvgIpc) is 2.60. The maximum atomic E-state index is 11.3. The van der Waals surface area contributed by atoms with E-state index >= 15 is 0 Å². The maximum absolute atomic E-state index is 11.3. The highest BCUT2D eigenvalue weighted by molar-refractivity contribution is 7.98. The molecule has 24 heavy (non-hydrogen) atoms. The van der Waals surface area contributed by atoms with Gasteiger partial charge in [-0.2, -0.15) is 0 Å². The van der Waals surface area contributed by atoms with Crippen LogP contribution in [0.15, 0.2) is 47.4 Å². The molecule has 4 nitrogen and oxygen atoms in total. The number of rotatable bonds is 8. The first-order valence-corrected chi connectivity index (χ1v) is 8.75. The van der Waals surface area contributed by atoms with Crippen LogP contribution in [0.25, 0.3) is 0 Å². The van der Waals surface area contributed by atoms with Crippen molar-refractivity contribution in [2.45, 2.75) is 24.5 Å². The Labute approximate surface area is 147 Å². The summed E-state index contributed by atoms with van der Waals surface area (Å²) in [6, 6.07) is 14.0. The summed E-state index contributed by atoms with van der Waals surface area (Å²) in [5.74, 6) is 2.10. The molecule has 0 fully saturated rings. The second-order valence-electron chi connectivity index (χ2n) is 5.16. The smallest absolute Gasteiger partial charge is 0.344 e. The Morgan fingerprint density at radius 1 is 1.12 bits per heavy atom. The number of benzene rings is 2. The van der Waals surface area contributed by atoms with Crippen LogP contribution in [0.5, 0.6) is 11.5 Å². The predicted octanol–water partition coefficient (Wildman–Crippen LogP) is 4.24. The summed E-state index contributed by atoms with van der Waals surface area (Å²) in [6.07, 6.45) is 0. The van der Waals surface area contributed by atoms with Gasteiger partial charge in [-0.3, -0.25) is 0 Å². The Morgan fingerprint density at radius 3 is 2.50 bits per heavy atom. The molecule has 0 amide bonds. The molecule has 0 spiro atoms. The van der Waals surface area contributed by atoms with E-state index in [9.17, 15) is 4.79 Å². The first-order chi connectivity index (χ1) is 11.6. The van der Waals surface area contributed by atoms with E-state index < -0.39 is 0 Å². The van der Waals surface area contributed by atoms with Crippen LogP contribution in [0.4, 0.5) is 0 Å². The molecule has 2 aromatic carbocycles. The zero-order chi connectivity index (χ0) is 17.4. The lowest BCUT2D eigenvalue weighted by Gasteiger charge is -2.10. The van der Waals surface area contributed by atoms with E-state index in [0.29, 0.717) is 12.4 Å². The van der Waals surface area contributed by atoms with Gasteiger partial charge in [0.15, 0.2) is 6.61 Å². The van der Waals surface area contributed by atoms with Gasteiger partial charge in [-0.05, 0) is 55.3 Å². The van der Waals surface area contributed by atoms with E-state index in [2.05, 4.69) is 18.2 Å². The number of carbonyl (C=O) groups excluding carboxylic acids is 1. The Morgan fingerprint density at radius 2 is 1.88 bits per heavy atom. The van der Waals surface area contributed by atoms with E-state index in [1.165, 1.54) is 5.56 Å². The molecule has 2 aromatic rings. The predicted molar refractivity (Wildman–Crippen MR) is 95.9 cm³/mol. The van der Waals surface area contributed by atoms with Gasteiger partial charge in [0.05, 0.1) is 13.7 Å². The topological polar surface area (TPSA) is 44.8 Å². The number of hydrogen-bond acceptors (Lipinski definition) is 5. The molecule has 0 N–H and O–H groups in total. The SMILES string of the molecule is CCOC(=O)COc1ccc(SCc2ccc(OC)cc2)cc1C. The van der Waals surface area contributed by atoms with Gasteiger partial charge in [0, 0.05) is 10.6 Å². The standard InChI is InChI=1S/C19H22O4S/c1-4-22-19(20)12-23-18-10-9-17(11-14(18)2)24-13-15-5-7-16(21-3)8-6-15/h5-11H,4,12-13H2,1-3H3. The molecule has 2 rings (SSSR count). The molecule has 0 radical (unpaired) electrons. The summed E-state index contributed by atoms with van der Waals surface area (Å²) >= 11 is 1.75. The van der Waals surface area contributed by atoms with Gasteiger partial charge in [0.2, 0.25) is 0 Å². The quantitative estimate of drug-likeness (QED) is 0.528. The third-order valence-electron chi connectivity index (χ3n) is 3.36. The van der Waals surface area contributed by atoms with E-state index in [-0.39, 0.29) is 12.6 Å². The Bertz CT molecular complexity index is 668. The van der Waals surface area contributed by atoms with Crippen LogP contribution in [0.3, 0.4) is 0 Å². The molecule has 5 heteroatoms. The highest BCUT2D eigenvalue weighted by Crippen LogP contribution is 2.28. The third kappa shape index (κ3) is 5.49. The number of esters is 1. The molecule has 0 unspecified atom stereocenters. The van der Waals surface area contributed by atoms with Gasteiger partial charge in [-0.15, -0.1) is 11.8 Å². The van der Waals surface area contributed by atoms with E-state index in [1.54, 1.807) is 25.8 Å². The molecule has 0 aliphatic rings. The van der Waals surface area contributed by atoms with Crippen molar-refractivity contribution in [3.05, 3.63) is 53.6 Å². The maximum Gasteiger partial charge on any atom is 0.344 e. The van der Waals surface area contributed by atoms with Crippen molar-refractivity contribution >= 4 is 17.7 Å². The molecule has 0 saturated heterocycles. The first-order valence-electron chi connectivity index (χ1n) is 7.77. The van der Waals surface area contributed by atoms with Crippen LogP contribution in [0.2, 0.25) is 0 Å². The second-order valence-corrected chi connectivity index (χ2v) is 6.21. The molecule has 128 valence electrons. The van der Waals surface area contributed by atoms with Crippen LogP contribution < -0.4 is 9.47 Å². The molecule has 0 bridgehead atoms. The zero-order valence-electron chi connectivity index (χ0n) is 14.2. The lowest BCUT2D eigenvalue weighted by molar-refractivity contribution is -0.145. The fraction of sp³-hybridized carbons (Fsp3) is 0.316. The average molecular weight is 346 g/mol. The van der Waals surface area contributed by atoms with Crippen molar-refractivity contribution in [3.8, 4) is 11.5 Å². The van der Waals surface area contributed by atoms with Crippen molar-refractivity contribution in [2.75, 3.05) is 20.3 Å². The number of ether oxygens (including phenoxy) is 3. The zero-order valence-corrected chi connectivity index (χ0v) is 15.0. The molecule has 0 heterocycles. The molecular formula is C19H22O4S. The Hall–Kier alpha value is -2.14. The van der Waals surface area contributed by atoms with E-state index in [4.69, 9.17) is 14.2 Å². The molecule has 0 aliphatic carbocycles. The molecular weight excluding hydrogens is 324 g/mol. The third-order valence-corrected chi connectivity index (χ3v) is 4.43. The minimum atomic E-state index is -0.352. The van der Waals surface area contributed by atoms with Gasteiger partial charge < -0.3 is 14.2 Å².